The zero-order chi connectivity index (χ0) is 16.1. The molecule has 4 nitrogen and oxygen atoms in total. The molecule has 3 rings (SSSR count). The van der Waals surface area contributed by atoms with Crippen LogP contribution in [0.4, 0.5) is 8.78 Å². The number of benzene rings is 1. The predicted octanol–water partition coefficient (Wildman–Crippen LogP) is 2.39. The summed E-state index contributed by atoms with van der Waals surface area (Å²) in [7, 11) is 0. The number of pyridine rings is 1. The molecular formula is C17H19F2N3O. The van der Waals surface area contributed by atoms with Gasteiger partial charge in [-0.1, -0.05) is 6.07 Å². The van der Waals surface area contributed by atoms with Crippen LogP contribution in [0.3, 0.4) is 0 Å². The summed E-state index contributed by atoms with van der Waals surface area (Å²) in [4.78, 5) is 4.11. The maximum atomic E-state index is 13.2. The molecule has 0 amide bonds. The summed E-state index contributed by atoms with van der Waals surface area (Å²) in [6.07, 6.45) is 4.59. The molecular weight excluding hydrogens is 300 g/mol. The zero-order valence-electron chi connectivity index (χ0n) is 12.7. The second-order valence-electron chi connectivity index (χ2n) is 5.57. The number of halogens is 2. The van der Waals surface area contributed by atoms with Gasteiger partial charge >= 0.3 is 0 Å². The Bertz CT molecular complexity index is 660. The van der Waals surface area contributed by atoms with E-state index in [4.69, 9.17) is 4.74 Å². The van der Waals surface area contributed by atoms with Crippen molar-refractivity contribution in [3.63, 3.8) is 0 Å². The summed E-state index contributed by atoms with van der Waals surface area (Å²) in [5.74, 6) is -0.895. The third-order valence-corrected chi connectivity index (χ3v) is 3.81. The highest BCUT2D eigenvalue weighted by Gasteiger charge is 2.17. The zero-order valence-corrected chi connectivity index (χ0v) is 12.7. The van der Waals surface area contributed by atoms with Gasteiger partial charge in [0.2, 0.25) is 0 Å². The summed E-state index contributed by atoms with van der Waals surface area (Å²) in [5.41, 5.74) is 1.69. The van der Waals surface area contributed by atoms with Gasteiger partial charge in [0, 0.05) is 31.4 Å². The lowest BCUT2D eigenvalue weighted by atomic mass is 10.2. The van der Waals surface area contributed by atoms with Crippen LogP contribution in [0.5, 0.6) is 5.75 Å². The van der Waals surface area contributed by atoms with Crippen LogP contribution >= 0.6 is 0 Å². The van der Waals surface area contributed by atoms with Crippen LogP contribution in [0.15, 0.2) is 36.7 Å². The number of hydrogen-bond acceptors (Lipinski definition) is 4. The normalized spacial score (nSPS) is 17.4. The minimum absolute atomic E-state index is 0.171. The molecule has 0 radical (unpaired) electrons. The number of aromatic nitrogens is 1. The Morgan fingerprint density at radius 3 is 2.91 bits per heavy atom. The van der Waals surface area contributed by atoms with E-state index < -0.39 is 11.6 Å². The summed E-state index contributed by atoms with van der Waals surface area (Å²) in [6.45, 7) is 2.83. The van der Waals surface area contributed by atoms with Crippen LogP contribution in [0.2, 0.25) is 0 Å². The molecule has 23 heavy (non-hydrogen) atoms. The summed E-state index contributed by atoms with van der Waals surface area (Å²) in [6, 6.07) is 5.81. The quantitative estimate of drug-likeness (QED) is 0.858. The van der Waals surface area contributed by atoms with Crippen molar-refractivity contribution in [3.8, 4) is 5.75 Å². The average molecular weight is 319 g/mol. The van der Waals surface area contributed by atoms with Crippen molar-refractivity contribution < 1.29 is 13.5 Å². The van der Waals surface area contributed by atoms with Crippen molar-refractivity contribution in [2.75, 3.05) is 13.1 Å². The van der Waals surface area contributed by atoms with Gasteiger partial charge in [-0.25, -0.2) is 8.78 Å². The lowest BCUT2D eigenvalue weighted by molar-refractivity contribution is 0.219. The second kappa shape index (κ2) is 7.48. The van der Waals surface area contributed by atoms with E-state index in [9.17, 15) is 8.78 Å². The fourth-order valence-corrected chi connectivity index (χ4v) is 2.56. The highest BCUT2D eigenvalue weighted by Crippen LogP contribution is 2.20. The monoisotopic (exact) mass is 319 g/mol. The number of rotatable bonds is 6. The Balaban J connectivity index is 1.58. The van der Waals surface area contributed by atoms with Gasteiger partial charge in [0.1, 0.15) is 11.9 Å². The standard InChI is InChI=1S/C17H19F2N3O/c18-15-2-1-12(7-16(15)19)8-22-9-13-3-5-21-11-17(13)23-14-4-6-20-10-14/h1-3,5,7,11,14,20,22H,4,6,8-10H2/t14-/m0/s1. The van der Waals surface area contributed by atoms with Crippen LogP contribution in [0, 0.1) is 11.6 Å². The second-order valence-corrected chi connectivity index (χ2v) is 5.57. The first kappa shape index (κ1) is 15.8. The molecule has 1 saturated heterocycles. The molecule has 2 aromatic rings. The molecule has 1 atom stereocenters. The van der Waals surface area contributed by atoms with Gasteiger partial charge in [-0.05, 0) is 36.7 Å². The van der Waals surface area contributed by atoms with Gasteiger partial charge in [-0.15, -0.1) is 0 Å². The Kier molecular flexibility index (Phi) is 5.15. The first-order valence-corrected chi connectivity index (χ1v) is 7.67. The molecule has 0 aliphatic carbocycles. The number of hydrogen-bond donors (Lipinski definition) is 2. The topological polar surface area (TPSA) is 46.2 Å². The van der Waals surface area contributed by atoms with E-state index in [1.165, 1.54) is 6.07 Å². The molecule has 122 valence electrons. The lowest BCUT2D eigenvalue weighted by Crippen LogP contribution is -2.21. The van der Waals surface area contributed by atoms with Gasteiger partial charge in [0.05, 0.1) is 6.20 Å². The van der Waals surface area contributed by atoms with Crippen molar-refractivity contribution in [1.29, 1.82) is 0 Å². The van der Waals surface area contributed by atoms with Crippen molar-refractivity contribution in [3.05, 3.63) is 59.4 Å². The first-order valence-electron chi connectivity index (χ1n) is 7.67. The Labute approximate surface area is 133 Å². The molecule has 1 aliphatic heterocycles. The van der Waals surface area contributed by atoms with E-state index in [0.29, 0.717) is 18.7 Å². The largest absolute Gasteiger partial charge is 0.487 e. The number of nitrogens with zero attached hydrogens (tertiary/aromatic N) is 1. The Morgan fingerprint density at radius 1 is 1.22 bits per heavy atom. The van der Waals surface area contributed by atoms with Gasteiger partial charge < -0.3 is 15.4 Å². The number of nitrogens with one attached hydrogen (secondary N) is 2. The molecule has 6 heteroatoms. The molecule has 1 aromatic heterocycles. The fourth-order valence-electron chi connectivity index (χ4n) is 2.56. The fraction of sp³-hybridized carbons (Fsp3) is 0.353. The van der Waals surface area contributed by atoms with Crippen molar-refractivity contribution >= 4 is 0 Å². The molecule has 2 N–H and O–H groups in total. The van der Waals surface area contributed by atoms with Gasteiger partial charge in [-0.3, -0.25) is 4.98 Å². The first-order chi connectivity index (χ1) is 11.2. The van der Waals surface area contributed by atoms with Crippen LogP contribution in [0.1, 0.15) is 17.5 Å². The minimum atomic E-state index is -0.830. The van der Waals surface area contributed by atoms with Crippen molar-refractivity contribution in [2.24, 2.45) is 0 Å². The Hall–Kier alpha value is -2.05. The van der Waals surface area contributed by atoms with Gasteiger partial charge in [0.25, 0.3) is 0 Å². The van der Waals surface area contributed by atoms with E-state index in [-0.39, 0.29) is 6.10 Å². The third kappa shape index (κ3) is 4.24. The van der Waals surface area contributed by atoms with Crippen molar-refractivity contribution in [1.82, 2.24) is 15.6 Å². The van der Waals surface area contributed by atoms with Crippen LogP contribution < -0.4 is 15.4 Å². The number of ether oxygens (including phenoxy) is 1. The highest BCUT2D eigenvalue weighted by molar-refractivity contribution is 5.30. The smallest absolute Gasteiger partial charge is 0.159 e. The van der Waals surface area contributed by atoms with E-state index in [0.717, 1.165) is 36.9 Å². The third-order valence-electron chi connectivity index (χ3n) is 3.81. The molecule has 2 heterocycles. The molecule has 1 fully saturated rings. The average Bonchev–Trinajstić information content (AvgIpc) is 3.05. The summed E-state index contributed by atoms with van der Waals surface area (Å²) >= 11 is 0. The minimum Gasteiger partial charge on any atom is -0.487 e. The predicted molar refractivity (Wildman–Crippen MR) is 83.0 cm³/mol. The molecule has 0 bridgehead atoms. The molecule has 0 spiro atoms. The van der Waals surface area contributed by atoms with E-state index in [1.54, 1.807) is 18.5 Å². The van der Waals surface area contributed by atoms with E-state index in [1.807, 2.05) is 6.07 Å². The summed E-state index contributed by atoms with van der Waals surface area (Å²) in [5, 5.41) is 6.48. The van der Waals surface area contributed by atoms with Gasteiger partial charge in [0.15, 0.2) is 11.6 Å². The maximum absolute atomic E-state index is 13.2. The van der Waals surface area contributed by atoms with E-state index >= 15 is 0 Å². The lowest BCUT2D eigenvalue weighted by Gasteiger charge is -2.16. The van der Waals surface area contributed by atoms with Crippen molar-refractivity contribution in [2.45, 2.75) is 25.6 Å². The molecule has 0 unspecified atom stereocenters. The summed E-state index contributed by atoms with van der Waals surface area (Å²) < 4.78 is 32.1. The molecule has 1 aromatic carbocycles. The molecule has 0 saturated carbocycles. The maximum Gasteiger partial charge on any atom is 0.159 e. The molecule has 1 aliphatic rings. The highest BCUT2D eigenvalue weighted by atomic mass is 19.2. The van der Waals surface area contributed by atoms with Crippen LogP contribution in [0.25, 0.3) is 0 Å². The van der Waals surface area contributed by atoms with Crippen LogP contribution in [-0.4, -0.2) is 24.2 Å². The van der Waals surface area contributed by atoms with Gasteiger partial charge in [-0.2, -0.15) is 0 Å². The van der Waals surface area contributed by atoms with E-state index in [2.05, 4.69) is 15.6 Å². The SMILES string of the molecule is Fc1ccc(CNCc2ccncc2O[C@H]2CCNC2)cc1F. The van der Waals surface area contributed by atoms with Crippen LogP contribution in [-0.2, 0) is 13.1 Å². The Morgan fingerprint density at radius 2 is 2.13 bits per heavy atom.